The standard InChI is InChI=1S/C23H30ClN3O3.C2H2O4/c1-4-29-22-13-21(26(2)3)20(24)12-19(22)23(28)25-14-18-16-27(10-11-30-18)15-17-8-6-5-7-9-17;3-1(4)2(5)6/h5-9,12-13,18H,4,10-11,14-16H2,1-3H3,(H,25,28);(H,3,4)(H,5,6). The first-order valence-corrected chi connectivity index (χ1v) is 11.8. The van der Waals surface area contributed by atoms with Crippen LogP contribution in [0.5, 0.6) is 5.75 Å². The highest BCUT2D eigenvalue weighted by atomic mass is 35.5. The van der Waals surface area contributed by atoms with Crippen molar-refractivity contribution < 1.29 is 34.1 Å². The molecule has 1 unspecified atom stereocenters. The molecule has 36 heavy (non-hydrogen) atoms. The molecule has 1 fully saturated rings. The number of hydrogen-bond acceptors (Lipinski definition) is 7. The van der Waals surface area contributed by atoms with Crippen molar-refractivity contribution in [3.63, 3.8) is 0 Å². The highest BCUT2D eigenvalue weighted by Crippen LogP contribution is 2.32. The molecule has 0 aromatic heterocycles. The van der Waals surface area contributed by atoms with Gasteiger partial charge in [0.2, 0.25) is 0 Å². The molecule has 0 radical (unpaired) electrons. The SMILES string of the molecule is CCOc1cc(N(C)C)c(Cl)cc1C(=O)NCC1CN(Cc2ccccc2)CCO1.O=C(O)C(=O)O. The molecule has 0 bridgehead atoms. The smallest absolute Gasteiger partial charge is 0.414 e. The lowest BCUT2D eigenvalue weighted by atomic mass is 10.1. The van der Waals surface area contributed by atoms with Crippen molar-refractivity contribution in [2.75, 3.05) is 51.8 Å². The van der Waals surface area contributed by atoms with Crippen LogP contribution in [-0.4, -0.2) is 86.0 Å². The van der Waals surface area contributed by atoms with E-state index in [0.717, 1.165) is 25.3 Å². The van der Waals surface area contributed by atoms with Crippen LogP contribution in [0.15, 0.2) is 42.5 Å². The number of anilines is 1. The molecule has 11 heteroatoms. The molecule has 1 atom stereocenters. The van der Waals surface area contributed by atoms with Gasteiger partial charge in [-0.25, -0.2) is 9.59 Å². The van der Waals surface area contributed by atoms with Crippen LogP contribution in [0.2, 0.25) is 5.02 Å². The van der Waals surface area contributed by atoms with Gasteiger partial charge in [-0.1, -0.05) is 41.9 Å². The number of amides is 1. The number of carbonyl (C=O) groups is 3. The lowest BCUT2D eigenvalue weighted by Crippen LogP contribution is -2.47. The van der Waals surface area contributed by atoms with Crippen LogP contribution in [0, 0.1) is 0 Å². The fourth-order valence-electron chi connectivity index (χ4n) is 3.53. The molecular weight excluding hydrogens is 490 g/mol. The number of aliphatic carboxylic acids is 2. The summed E-state index contributed by atoms with van der Waals surface area (Å²) < 4.78 is 11.6. The number of nitrogens with one attached hydrogen (secondary N) is 1. The topological polar surface area (TPSA) is 129 Å². The summed E-state index contributed by atoms with van der Waals surface area (Å²) in [5, 5.41) is 18.3. The lowest BCUT2D eigenvalue weighted by Gasteiger charge is -2.33. The van der Waals surface area contributed by atoms with Crippen molar-refractivity contribution in [2.24, 2.45) is 0 Å². The molecule has 3 N–H and O–H groups in total. The Labute approximate surface area is 215 Å². The Balaban J connectivity index is 0.000000678. The summed E-state index contributed by atoms with van der Waals surface area (Å²) in [5.74, 6) is -3.34. The van der Waals surface area contributed by atoms with Crippen molar-refractivity contribution in [2.45, 2.75) is 19.6 Å². The van der Waals surface area contributed by atoms with Gasteiger partial charge in [-0.2, -0.15) is 0 Å². The number of benzene rings is 2. The van der Waals surface area contributed by atoms with Crippen molar-refractivity contribution in [3.05, 3.63) is 58.6 Å². The normalized spacial score (nSPS) is 15.3. The third-order valence-corrected chi connectivity index (χ3v) is 5.52. The van der Waals surface area contributed by atoms with Crippen LogP contribution in [0.3, 0.4) is 0 Å². The zero-order chi connectivity index (χ0) is 26.7. The van der Waals surface area contributed by atoms with Crippen LogP contribution in [0.25, 0.3) is 0 Å². The van der Waals surface area contributed by atoms with Crippen molar-refractivity contribution in [1.29, 1.82) is 0 Å². The first kappa shape index (κ1) is 28.9. The number of hydrogen-bond donors (Lipinski definition) is 3. The summed E-state index contributed by atoms with van der Waals surface area (Å²) in [4.78, 5) is 35.3. The second-order valence-corrected chi connectivity index (χ2v) is 8.57. The number of carboxylic acids is 2. The quantitative estimate of drug-likeness (QED) is 0.449. The Morgan fingerprint density at radius 2 is 1.83 bits per heavy atom. The average Bonchev–Trinajstić information content (AvgIpc) is 2.84. The van der Waals surface area contributed by atoms with Gasteiger partial charge in [0.1, 0.15) is 5.75 Å². The first-order chi connectivity index (χ1) is 17.1. The van der Waals surface area contributed by atoms with Gasteiger partial charge in [0.15, 0.2) is 0 Å². The fourth-order valence-corrected chi connectivity index (χ4v) is 3.86. The zero-order valence-corrected chi connectivity index (χ0v) is 21.3. The van der Waals surface area contributed by atoms with Gasteiger partial charge >= 0.3 is 11.9 Å². The second kappa shape index (κ2) is 14.3. The fraction of sp³-hybridized carbons (Fsp3) is 0.400. The molecule has 0 aliphatic carbocycles. The van der Waals surface area contributed by atoms with E-state index in [-0.39, 0.29) is 12.0 Å². The van der Waals surface area contributed by atoms with E-state index >= 15 is 0 Å². The Bertz CT molecular complexity index is 1020. The van der Waals surface area contributed by atoms with E-state index < -0.39 is 11.9 Å². The zero-order valence-electron chi connectivity index (χ0n) is 20.6. The van der Waals surface area contributed by atoms with Gasteiger partial charge in [0.05, 0.1) is 35.6 Å². The Hall–Kier alpha value is -3.34. The first-order valence-electron chi connectivity index (χ1n) is 11.4. The van der Waals surface area contributed by atoms with Gasteiger partial charge in [-0.3, -0.25) is 9.69 Å². The van der Waals surface area contributed by atoms with Crippen LogP contribution in [-0.2, 0) is 20.9 Å². The maximum absolute atomic E-state index is 12.9. The maximum atomic E-state index is 12.9. The molecule has 2 aromatic rings. The van der Waals surface area contributed by atoms with Crippen molar-refractivity contribution >= 4 is 35.1 Å². The van der Waals surface area contributed by atoms with Crippen LogP contribution < -0.4 is 15.0 Å². The molecule has 0 saturated carbocycles. The highest BCUT2D eigenvalue weighted by Gasteiger charge is 2.23. The van der Waals surface area contributed by atoms with E-state index in [9.17, 15) is 4.79 Å². The number of morpholine rings is 1. The van der Waals surface area contributed by atoms with E-state index in [0.29, 0.717) is 36.1 Å². The number of carboxylic acid groups (broad SMARTS) is 2. The van der Waals surface area contributed by atoms with E-state index in [1.54, 1.807) is 12.1 Å². The van der Waals surface area contributed by atoms with Crippen molar-refractivity contribution in [1.82, 2.24) is 10.2 Å². The summed E-state index contributed by atoms with van der Waals surface area (Å²) in [5.41, 5.74) is 2.52. The monoisotopic (exact) mass is 521 g/mol. The van der Waals surface area contributed by atoms with Crippen LogP contribution in [0.4, 0.5) is 5.69 Å². The third-order valence-electron chi connectivity index (χ3n) is 5.22. The molecule has 3 rings (SSSR count). The maximum Gasteiger partial charge on any atom is 0.414 e. The second-order valence-electron chi connectivity index (χ2n) is 8.16. The predicted molar refractivity (Wildman–Crippen MR) is 136 cm³/mol. The van der Waals surface area contributed by atoms with Crippen LogP contribution in [0.1, 0.15) is 22.8 Å². The van der Waals surface area contributed by atoms with Gasteiger partial charge in [0.25, 0.3) is 5.91 Å². The molecule has 1 aliphatic heterocycles. The summed E-state index contributed by atoms with van der Waals surface area (Å²) >= 11 is 6.38. The highest BCUT2D eigenvalue weighted by molar-refractivity contribution is 6.33. The largest absolute Gasteiger partial charge is 0.493 e. The molecule has 196 valence electrons. The Kier molecular flexibility index (Phi) is 11.5. The molecule has 1 aliphatic rings. The minimum Gasteiger partial charge on any atom is -0.493 e. The number of rotatable bonds is 8. The molecule has 2 aromatic carbocycles. The molecular formula is C25H32ClN3O7. The third kappa shape index (κ3) is 9.03. The van der Waals surface area contributed by atoms with Gasteiger partial charge in [-0.15, -0.1) is 0 Å². The molecule has 0 spiro atoms. The minimum absolute atomic E-state index is 0.0570. The van der Waals surface area contributed by atoms with Gasteiger partial charge in [0, 0.05) is 46.3 Å². The summed E-state index contributed by atoms with van der Waals surface area (Å²) in [6.45, 7) is 5.98. The average molecular weight is 522 g/mol. The van der Waals surface area contributed by atoms with E-state index in [2.05, 4.69) is 34.5 Å². The lowest BCUT2D eigenvalue weighted by molar-refractivity contribution is -0.159. The molecule has 1 amide bonds. The van der Waals surface area contributed by atoms with E-state index in [1.165, 1.54) is 5.56 Å². The molecule has 1 heterocycles. The molecule has 10 nitrogen and oxygen atoms in total. The van der Waals surface area contributed by atoms with Gasteiger partial charge in [-0.05, 0) is 18.6 Å². The molecule has 1 saturated heterocycles. The Morgan fingerprint density at radius 3 is 2.42 bits per heavy atom. The number of ether oxygens (including phenoxy) is 2. The minimum atomic E-state index is -1.82. The van der Waals surface area contributed by atoms with Crippen molar-refractivity contribution in [3.8, 4) is 5.75 Å². The van der Waals surface area contributed by atoms with E-state index in [1.807, 2.05) is 32.0 Å². The number of halogens is 1. The summed E-state index contributed by atoms with van der Waals surface area (Å²) in [6, 6.07) is 13.9. The Morgan fingerprint density at radius 1 is 1.17 bits per heavy atom. The number of carbonyl (C=O) groups excluding carboxylic acids is 1. The summed E-state index contributed by atoms with van der Waals surface area (Å²) in [7, 11) is 3.80. The van der Waals surface area contributed by atoms with Crippen LogP contribution >= 0.6 is 11.6 Å². The number of nitrogens with zero attached hydrogens (tertiary/aromatic N) is 2. The van der Waals surface area contributed by atoms with E-state index in [4.69, 9.17) is 40.9 Å². The van der Waals surface area contributed by atoms with Gasteiger partial charge < -0.3 is 29.9 Å². The summed E-state index contributed by atoms with van der Waals surface area (Å²) in [6.07, 6.45) is -0.0570. The predicted octanol–water partition coefficient (Wildman–Crippen LogP) is 2.59.